The van der Waals surface area contributed by atoms with Gasteiger partial charge in [-0.1, -0.05) is 133 Å². The van der Waals surface area contributed by atoms with Gasteiger partial charge in [0.05, 0.1) is 30.7 Å². The quantitative estimate of drug-likeness (QED) is 0.0585. The molecule has 0 spiro atoms. The Morgan fingerprint density at radius 2 is 0.500 bits per heavy atom. The number of fused-ring (bicyclic) bond motifs is 2. The number of hydrogen-bond donors (Lipinski definition) is 6. The molecule has 10 rings (SSSR count). The van der Waals surface area contributed by atoms with Gasteiger partial charge in [-0.25, -0.2) is 9.59 Å². The van der Waals surface area contributed by atoms with Gasteiger partial charge < -0.3 is 10.2 Å². The maximum absolute atomic E-state index is 12.8. The smallest absolute Gasteiger partial charge is 0.336 e. The lowest BCUT2D eigenvalue weighted by Gasteiger charge is -2.14. The van der Waals surface area contributed by atoms with E-state index in [2.05, 4.69) is 0 Å². The first-order valence-electron chi connectivity index (χ1n) is 23.0. The van der Waals surface area contributed by atoms with E-state index in [1.54, 1.807) is 97.1 Å². The summed E-state index contributed by atoms with van der Waals surface area (Å²) >= 11 is 0. The standard InChI is InChI=1S/C58H38O16S4/c59-57(60)55-29-41(37-5-1-33(2-6-37)35-9-13-39(14-10-35)53-31-47(77(69,70)71)27-43-25-45(75(63,64)65)19-23-49(43)53)17-21-51(55)52-22-18-42(30-56(52)58(61)62)38-7-3-34(4-8-38)36-11-15-40(16-12-36)54-32-48(78(72,73)74)28-44-26-46(76(66,67)68)20-24-50(44)54/h1-32H,(H,59,60)(H,61,62)(H,63,64,65)(H,66,67,68)(H,69,70,71)(H,72,73,74). The van der Waals surface area contributed by atoms with Crippen molar-refractivity contribution >= 4 is 74.0 Å². The SMILES string of the molecule is O=C(O)c1cc(-c2ccc(-c3ccc(-c4cc(S(=O)(=O)O)cc5cc(S(=O)(=O)O)ccc45)cc3)cc2)ccc1-c1ccc(-c2ccc(-c3ccc(-c4cc(S(=O)(=O)O)cc5cc(S(=O)(=O)O)ccc45)cc3)cc2)cc1C(=O)O. The average molecular weight is 1120 g/mol. The van der Waals surface area contributed by atoms with E-state index in [1.807, 2.05) is 24.3 Å². The maximum Gasteiger partial charge on any atom is 0.336 e. The Bertz CT molecular complexity index is 4310. The van der Waals surface area contributed by atoms with Gasteiger partial charge in [0.25, 0.3) is 40.5 Å². The highest BCUT2D eigenvalue weighted by Gasteiger charge is 2.23. The van der Waals surface area contributed by atoms with Crippen molar-refractivity contribution in [2.24, 2.45) is 0 Å². The van der Waals surface area contributed by atoms with E-state index >= 15 is 0 Å². The van der Waals surface area contributed by atoms with Crippen LogP contribution in [-0.4, -0.2) is 74.0 Å². The zero-order valence-corrected chi connectivity index (χ0v) is 43.1. The third-order valence-electron chi connectivity index (χ3n) is 13.3. The predicted octanol–water partition coefficient (Wildman–Crippen LogP) is 12.0. The summed E-state index contributed by atoms with van der Waals surface area (Å²) in [5.41, 5.74) is 7.38. The van der Waals surface area contributed by atoms with Crippen molar-refractivity contribution in [3.63, 3.8) is 0 Å². The van der Waals surface area contributed by atoms with Crippen LogP contribution in [0.4, 0.5) is 0 Å². The van der Waals surface area contributed by atoms with Crippen LogP contribution in [0.2, 0.25) is 0 Å². The van der Waals surface area contributed by atoms with Crippen LogP contribution in [0.3, 0.4) is 0 Å². The lowest BCUT2D eigenvalue weighted by Crippen LogP contribution is -2.05. The van der Waals surface area contributed by atoms with Gasteiger partial charge in [-0.05, 0) is 160 Å². The van der Waals surface area contributed by atoms with Crippen molar-refractivity contribution in [1.29, 1.82) is 0 Å². The summed E-state index contributed by atoms with van der Waals surface area (Å²) in [6.45, 7) is 0. The van der Waals surface area contributed by atoms with Crippen molar-refractivity contribution in [2.75, 3.05) is 0 Å². The lowest BCUT2D eigenvalue weighted by molar-refractivity contribution is 0.0684. The summed E-state index contributed by atoms with van der Waals surface area (Å²) in [5.74, 6) is -2.56. The van der Waals surface area contributed by atoms with Crippen molar-refractivity contribution in [2.45, 2.75) is 19.6 Å². The average Bonchev–Trinajstić information content (AvgIpc) is 3.54. The number of carbonyl (C=O) groups is 2. The number of hydrogen-bond acceptors (Lipinski definition) is 10. The first-order valence-corrected chi connectivity index (χ1v) is 28.8. The molecule has 0 fully saturated rings. The highest BCUT2D eigenvalue weighted by molar-refractivity contribution is 7.86. The summed E-state index contributed by atoms with van der Waals surface area (Å²) < 4.78 is 135. The minimum atomic E-state index is -4.71. The number of carboxylic acids is 2. The van der Waals surface area contributed by atoms with Crippen LogP contribution in [0.5, 0.6) is 0 Å². The fourth-order valence-corrected chi connectivity index (χ4v) is 11.5. The highest BCUT2D eigenvalue weighted by Crippen LogP contribution is 2.39. The highest BCUT2D eigenvalue weighted by atomic mass is 32.2. The number of aromatic carboxylic acids is 2. The third-order valence-corrected chi connectivity index (χ3v) is 16.6. The molecule has 20 heteroatoms. The van der Waals surface area contributed by atoms with Crippen molar-refractivity contribution < 1.29 is 71.7 Å². The number of rotatable bonds is 13. The molecule has 0 atom stereocenters. The second-order valence-electron chi connectivity index (χ2n) is 18.0. The number of carboxylic acid groups (broad SMARTS) is 2. The largest absolute Gasteiger partial charge is 0.478 e. The molecular weight excluding hydrogens is 1080 g/mol. The van der Waals surface area contributed by atoms with Crippen LogP contribution < -0.4 is 0 Å². The topological polar surface area (TPSA) is 292 Å². The predicted molar refractivity (Wildman–Crippen MR) is 293 cm³/mol. The molecule has 0 bridgehead atoms. The molecule has 10 aromatic carbocycles. The maximum atomic E-state index is 12.8. The molecule has 0 saturated heterocycles. The van der Waals surface area contributed by atoms with E-state index in [0.717, 1.165) is 46.5 Å². The summed E-state index contributed by atoms with van der Waals surface area (Å²) in [6, 6.07) is 50.1. The fourth-order valence-electron chi connectivity index (χ4n) is 9.40. The Morgan fingerprint density at radius 3 is 0.769 bits per heavy atom. The van der Waals surface area contributed by atoms with Gasteiger partial charge in [0.15, 0.2) is 0 Å². The van der Waals surface area contributed by atoms with Crippen LogP contribution in [-0.2, 0) is 40.5 Å². The molecule has 0 aliphatic carbocycles. The fraction of sp³-hybridized carbons (Fsp3) is 0. The van der Waals surface area contributed by atoms with Crippen molar-refractivity contribution in [1.82, 2.24) is 0 Å². The normalized spacial score (nSPS) is 12.2. The van der Waals surface area contributed by atoms with Crippen LogP contribution in [0.15, 0.2) is 214 Å². The van der Waals surface area contributed by atoms with Crippen molar-refractivity contribution in [3.05, 3.63) is 205 Å². The molecule has 0 aliphatic heterocycles. The van der Waals surface area contributed by atoms with E-state index in [9.17, 15) is 71.7 Å². The molecule has 0 aromatic heterocycles. The second-order valence-corrected chi connectivity index (χ2v) is 23.7. The summed E-state index contributed by atoms with van der Waals surface area (Å²) in [4.78, 5) is 23.8. The zero-order valence-electron chi connectivity index (χ0n) is 39.9. The van der Waals surface area contributed by atoms with Gasteiger partial charge in [0.2, 0.25) is 0 Å². The molecule has 0 unspecified atom stereocenters. The second kappa shape index (κ2) is 19.7. The van der Waals surface area contributed by atoms with Gasteiger partial charge in [0, 0.05) is 0 Å². The third kappa shape index (κ3) is 10.6. The van der Waals surface area contributed by atoms with Crippen LogP contribution in [0.25, 0.3) is 99.4 Å². The van der Waals surface area contributed by atoms with E-state index in [1.165, 1.54) is 48.5 Å². The molecule has 390 valence electrons. The van der Waals surface area contributed by atoms with E-state index in [4.69, 9.17) is 0 Å². The molecule has 16 nitrogen and oxygen atoms in total. The summed E-state index contributed by atoms with van der Waals surface area (Å²) in [7, 11) is -18.6. The minimum Gasteiger partial charge on any atom is -0.478 e. The Hall–Kier alpha value is -8.70. The van der Waals surface area contributed by atoms with Gasteiger partial charge in [0.1, 0.15) is 0 Å². The molecule has 78 heavy (non-hydrogen) atoms. The summed E-state index contributed by atoms with van der Waals surface area (Å²) in [5, 5.41) is 22.1. The van der Waals surface area contributed by atoms with Gasteiger partial charge in [-0.2, -0.15) is 33.7 Å². The molecule has 10 aromatic rings. The Labute approximate surface area is 445 Å². The Balaban J connectivity index is 0.886. The lowest BCUT2D eigenvalue weighted by atomic mass is 9.90. The van der Waals surface area contributed by atoms with Crippen LogP contribution in [0.1, 0.15) is 20.7 Å². The van der Waals surface area contributed by atoms with Gasteiger partial charge in [-0.15, -0.1) is 0 Å². The van der Waals surface area contributed by atoms with E-state index in [0.29, 0.717) is 55.3 Å². The molecule has 0 aliphatic rings. The van der Waals surface area contributed by atoms with E-state index in [-0.39, 0.29) is 33.0 Å². The van der Waals surface area contributed by atoms with Crippen LogP contribution in [0, 0.1) is 0 Å². The first-order chi connectivity index (χ1) is 36.8. The minimum absolute atomic E-state index is 0.136. The van der Waals surface area contributed by atoms with Crippen LogP contribution >= 0.6 is 0 Å². The molecule has 0 radical (unpaired) electrons. The monoisotopic (exact) mass is 1120 g/mol. The molecule has 0 amide bonds. The summed E-state index contributed by atoms with van der Waals surface area (Å²) in [6.07, 6.45) is 0. The molecule has 0 heterocycles. The van der Waals surface area contributed by atoms with Crippen molar-refractivity contribution in [3.8, 4) is 77.9 Å². The molecule has 0 saturated carbocycles. The van der Waals surface area contributed by atoms with E-state index < -0.39 is 72.0 Å². The Morgan fingerprint density at radius 1 is 0.256 bits per heavy atom. The Kier molecular flexibility index (Phi) is 13.3. The molecule has 6 N–H and O–H groups in total. The number of benzene rings is 10. The first kappa shape index (κ1) is 52.7. The van der Waals surface area contributed by atoms with Gasteiger partial charge >= 0.3 is 11.9 Å². The molecular formula is C58H38O16S4. The zero-order chi connectivity index (χ0) is 55.6. The van der Waals surface area contributed by atoms with Gasteiger partial charge in [-0.3, -0.25) is 18.2 Å².